The summed E-state index contributed by atoms with van der Waals surface area (Å²) in [5, 5.41) is 15.3. The van der Waals surface area contributed by atoms with Crippen LogP contribution in [0.15, 0.2) is 6.20 Å². The van der Waals surface area contributed by atoms with Gasteiger partial charge in [-0.2, -0.15) is 5.10 Å². The number of carboxylic acid groups (broad SMARTS) is 1. The molecule has 1 unspecified atom stereocenters. The summed E-state index contributed by atoms with van der Waals surface area (Å²) in [4.78, 5) is 22.6. The lowest BCUT2D eigenvalue weighted by atomic mass is 10.1. The Morgan fingerprint density at radius 2 is 2.00 bits per heavy atom. The molecule has 18 heavy (non-hydrogen) atoms. The van der Waals surface area contributed by atoms with Crippen LogP contribution in [0.5, 0.6) is 0 Å². The van der Waals surface area contributed by atoms with Crippen molar-refractivity contribution < 1.29 is 14.7 Å². The van der Waals surface area contributed by atoms with Crippen LogP contribution >= 0.6 is 0 Å². The van der Waals surface area contributed by atoms with Gasteiger partial charge in [-0.25, -0.2) is 0 Å². The van der Waals surface area contributed by atoms with E-state index in [-0.39, 0.29) is 5.54 Å². The van der Waals surface area contributed by atoms with E-state index in [9.17, 15) is 9.59 Å². The third-order valence-electron chi connectivity index (χ3n) is 2.61. The lowest BCUT2D eigenvalue weighted by Gasteiger charge is -2.21. The molecule has 0 saturated carbocycles. The highest BCUT2D eigenvalue weighted by Crippen LogP contribution is 2.18. The number of amides is 1. The van der Waals surface area contributed by atoms with Gasteiger partial charge in [-0.1, -0.05) is 0 Å². The largest absolute Gasteiger partial charge is 0.480 e. The van der Waals surface area contributed by atoms with Gasteiger partial charge in [0.15, 0.2) is 0 Å². The predicted molar refractivity (Wildman–Crippen MR) is 66.5 cm³/mol. The number of nitrogens with zero attached hydrogens (tertiary/aromatic N) is 2. The quantitative estimate of drug-likeness (QED) is 0.846. The fourth-order valence-corrected chi connectivity index (χ4v) is 1.64. The highest BCUT2D eigenvalue weighted by molar-refractivity contribution is 5.97. The molecule has 0 aromatic carbocycles. The summed E-state index contributed by atoms with van der Waals surface area (Å²) >= 11 is 0. The Bertz CT molecular complexity index is 471. The monoisotopic (exact) mass is 253 g/mol. The Labute approximate surface area is 106 Å². The highest BCUT2D eigenvalue weighted by atomic mass is 16.4. The molecular weight excluding hydrogens is 234 g/mol. The topological polar surface area (TPSA) is 84.2 Å². The molecule has 1 amide bonds. The zero-order valence-electron chi connectivity index (χ0n) is 11.3. The van der Waals surface area contributed by atoms with Crippen molar-refractivity contribution >= 4 is 11.9 Å². The molecule has 1 aromatic rings. The second-order valence-corrected chi connectivity index (χ2v) is 5.26. The van der Waals surface area contributed by atoms with Crippen LogP contribution in [0.3, 0.4) is 0 Å². The Kier molecular flexibility index (Phi) is 3.79. The number of nitrogens with one attached hydrogen (secondary N) is 1. The van der Waals surface area contributed by atoms with Gasteiger partial charge in [0.1, 0.15) is 6.04 Å². The molecule has 1 heterocycles. The lowest BCUT2D eigenvalue weighted by molar-refractivity contribution is -0.138. The molecule has 1 rings (SSSR count). The molecule has 0 spiro atoms. The Hall–Kier alpha value is -1.85. The first-order valence-electron chi connectivity index (χ1n) is 5.73. The molecule has 1 atom stereocenters. The summed E-state index contributed by atoms with van der Waals surface area (Å²) < 4.78 is 1.74. The summed E-state index contributed by atoms with van der Waals surface area (Å²) in [7, 11) is 0. The Morgan fingerprint density at radius 1 is 1.44 bits per heavy atom. The summed E-state index contributed by atoms with van der Waals surface area (Å²) in [5.41, 5.74) is 0.900. The maximum absolute atomic E-state index is 11.9. The van der Waals surface area contributed by atoms with E-state index in [2.05, 4.69) is 10.4 Å². The Morgan fingerprint density at radius 3 is 2.39 bits per heavy atom. The summed E-state index contributed by atoms with van der Waals surface area (Å²) in [5.74, 6) is -1.48. The number of aliphatic carboxylic acids is 1. The van der Waals surface area contributed by atoms with Crippen molar-refractivity contribution in [2.75, 3.05) is 0 Å². The van der Waals surface area contributed by atoms with E-state index in [0.717, 1.165) is 5.69 Å². The van der Waals surface area contributed by atoms with Gasteiger partial charge in [0.05, 0.1) is 17.3 Å². The van der Waals surface area contributed by atoms with Crippen LogP contribution in [0.4, 0.5) is 0 Å². The molecule has 100 valence electrons. The van der Waals surface area contributed by atoms with Crippen molar-refractivity contribution in [3.05, 3.63) is 17.5 Å². The number of carbonyl (C=O) groups excluding carboxylic acids is 1. The second kappa shape index (κ2) is 4.80. The van der Waals surface area contributed by atoms with E-state index < -0.39 is 17.9 Å². The van der Waals surface area contributed by atoms with Crippen LogP contribution in [0.2, 0.25) is 0 Å². The van der Waals surface area contributed by atoms with Gasteiger partial charge in [0.25, 0.3) is 5.91 Å². The van der Waals surface area contributed by atoms with E-state index in [1.165, 1.54) is 13.1 Å². The first-order chi connectivity index (χ1) is 8.14. The van der Waals surface area contributed by atoms with E-state index in [4.69, 9.17) is 5.11 Å². The van der Waals surface area contributed by atoms with Crippen molar-refractivity contribution in [2.24, 2.45) is 0 Å². The van der Waals surface area contributed by atoms with Gasteiger partial charge in [0.2, 0.25) is 0 Å². The third-order valence-corrected chi connectivity index (χ3v) is 2.61. The lowest BCUT2D eigenvalue weighted by Crippen LogP contribution is -2.38. The molecule has 0 aliphatic carbocycles. The number of rotatable bonds is 3. The van der Waals surface area contributed by atoms with Crippen molar-refractivity contribution in [3.63, 3.8) is 0 Å². The van der Waals surface area contributed by atoms with Gasteiger partial charge >= 0.3 is 5.97 Å². The van der Waals surface area contributed by atoms with Crippen LogP contribution in [0, 0.1) is 6.92 Å². The number of aromatic nitrogens is 2. The first kappa shape index (κ1) is 14.2. The molecule has 0 bridgehead atoms. The van der Waals surface area contributed by atoms with Crippen LogP contribution in [-0.4, -0.2) is 32.8 Å². The first-order valence-corrected chi connectivity index (χ1v) is 5.73. The fraction of sp³-hybridized carbons (Fsp3) is 0.583. The minimum absolute atomic E-state index is 0.221. The maximum atomic E-state index is 11.9. The summed E-state index contributed by atoms with van der Waals surface area (Å²) in [6.45, 7) is 9.15. The zero-order chi connectivity index (χ0) is 14.1. The maximum Gasteiger partial charge on any atom is 0.325 e. The average molecular weight is 253 g/mol. The number of carboxylic acids is 1. The molecule has 2 N–H and O–H groups in total. The molecule has 0 aliphatic heterocycles. The molecular formula is C12H19N3O3. The standard InChI is InChI=1S/C12H19N3O3/c1-7(11(17)18)14-10(16)9-6-13-15(8(9)2)12(3,4)5/h6-7H,1-5H3,(H,14,16)(H,17,18). The van der Waals surface area contributed by atoms with E-state index >= 15 is 0 Å². The molecule has 0 aliphatic rings. The minimum Gasteiger partial charge on any atom is -0.480 e. The van der Waals surface area contributed by atoms with Crippen molar-refractivity contribution in [2.45, 2.75) is 46.2 Å². The van der Waals surface area contributed by atoms with Crippen molar-refractivity contribution in [1.82, 2.24) is 15.1 Å². The zero-order valence-corrected chi connectivity index (χ0v) is 11.3. The smallest absolute Gasteiger partial charge is 0.325 e. The van der Waals surface area contributed by atoms with E-state index in [1.807, 2.05) is 20.8 Å². The van der Waals surface area contributed by atoms with Crippen LogP contribution in [-0.2, 0) is 10.3 Å². The van der Waals surface area contributed by atoms with E-state index in [1.54, 1.807) is 11.6 Å². The average Bonchev–Trinajstić information content (AvgIpc) is 2.59. The number of carbonyl (C=O) groups is 2. The van der Waals surface area contributed by atoms with Crippen LogP contribution in [0.1, 0.15) is 43.7 Å². The summed E-state index contributed by atoms with van der Waals surface area (Å²) in [6, 6.07) is -0.921. The van der Waals surface area contributed by atoms with Gasteiger partial charge in [-0.15, -0.1) is 0 Å². The summed E-state index contributed by atoms with van der Waals surface area (Å²) in [6.07, 6.45) is 1.46. The van der Waals surface area contributed by atoms with Gasteiger partial charge < -0.3 is 10.4 Å². The number of hydrogen-bond donors (Lipinski definition) is 2. The van der Waals surface area contributed by atoms with Gasteiger partial charge in [0, 0.05) is 5.69 Å². The van der Waals surface area contributed by atoms with E-state index in [0.29, 0.717) is 5.56 Å². The van der Waals surface area contributed by atoms with Crippen molar-refractivity contribution in [3.8, 4) is 0 Å². The molecule has 6 nitrogen and oxygen atoms in total. The fourth-order valence-electron chi connectivity index (χ4n) is 1.64. The van der Waals surface area contributed by atoms with Gasteiger partial charge in [-0.3, -0.25) is 14.3 Å². The predicted octanol–water partition coefficient (Wildman–Crippen LogP) is 1.15. The normalized spacial score (nSPS) is 13.2. The van der Waals surface area contributed by atoms with Gasteiger partial charge in [-0.05, 0) is 34.6 Å². The van der Waals surface area contributed by atoms with Crippen LogP contribution < -0.4 is 5.32 Å². The molecule has 1 aromatic heterocycles. The third kappa shape index (κ3) is 2.88. The van der Waals surface area contributed by atoms with Crippen molar-refractivity contribution in [1.29, 1.82) is 0 Å². The molecule has 0 radical (unpaired) electrons. The highest BCUT2D eigenvalue weighted by Gasteiger charge is 2.23. The molecule has 0 fully saturated rings. The second-order valence-electron chi connectivity index (χ2n) is 5.26. The van der Waals surface area contributed by atoms with Crippen LogP contribution in [0.25, 0.3) is 0 Å². The minimum atomic E-state index is -1.07. The Balaban J connectivity index is 2.95. The SMILES string of the molecule is Cc1c(C(=O)NC(C)C(=O)O)cnn1C(C)(C)C. The molecule has 0 saturated heterocycles. The molecule has 6 heteroatoms. The number of hydrogen-bond acceptors (Lipinski definition) is 3.